The highest BCUT2D eigenvalue weighted by Crippen LogP contribution is 2.32. The lowest BCUT2D eigenvalue weighted by Gasteiger charge is -2.14. The summed E-state index contributed by atoms with van der Waals surface area (Å²) in [5, 5.41) is 18.7. The van der Waals surface area contributed by atoms with Crippen LogP contribution in [0.1, 0.15) is 35.7 Å². The van der Waals surface area contributed by atoms with Gasteiger partial charge in [0.1, 0.15) is 11.5 Å². The van der Waals surface area contributed by atoms with Gasteiger partial charge in [-0.05, 0) is 37.7 Å². The van der Waals surface area contributed by atoms with Gasteiger partial charge in [-0.2, -0.15) is 11.8 Å². The van der Waals surface area contributed by atoms with Crippen LogP contribution in [-0.2, 0) is 11.2 Å². The molecule has 0 heterocycles. The zero-order valence-electron chi connectivity index (χ0n) is 13.2. The van der Waals surface area contributed by atoms with E-state index in [4.69, 9.17) is 9.84 Å². The highest BCUT2D eigenvalue weighted by molar-refractivity contribution is 7.99. The molecule has 0 aliphatic rings. The average molecular weight is 338 g/mol. The molecule has 0 aliphatic heterocycles. The number of carboxylic acid groups (broad SMARTS) is 1. The Labute approximate surface area is 140 Å². The number of benzene rings is 1. The Balaban J connectivity index is 2.56. The molecule has 0 fully saturated rings. The molecule has 1 rings (SSSR count). The number of rotatable bonds is 11. The summed E-state index contributed by atoms with van der Waals surface area (Å²) in [6.07, 6.45) is 2.99. The highest BCUT2D eigenvalue weighted by Gasteiger charge is 2.15. The molecule has 0 saturated carbocycles. The number of ether oxygens (including phenoxy) is 1. The normalized spacial score (nSPS) is 10.3. The molecule has 2 N–H and O–H groups in total. The second-order valence-corrected chi connectivity index (χ2v) is 6.17. The Kier molecular flexibility index (Phi) is 8.26. The monoisotopic (exact) mass is 338 g/mol. The molecule has 0 bridgehead atoms. The molecule has 0 amide bonds. The van der Waals surface area contributed by atoms with Crippen molar-refractivity contribution >= 4 is 23.5 Å². The molecule has 126 valence electrons. The number of Topliss-reactive ketones (excluding diaryl/α,β-unsaturated/α-hetero) is 1. The first-order chi connectivity index (χ1) is 11.0. The van der Waals surface area contributed by atoms with Crippen LogP contribution in [-0.4, -0.2) is 40.1 Å². The lowest BCUT2D eigenvalue weighted by Crippen LogP contribution is -2.04. The summed E-state index contributed by atoms with van der Waals surface area (Å²) < 4.78 is 5.68. The molecule has 1 aromatic carbocycles. The summed E-state index contributed by atoms with van der Waals surface area (Å²) in [5.74, 6) is 0.902. The molecule has 6 heteroatoms. The summed E-state index contributed by atoms with van der Waals surface area (Å²) in [6.45, 7) is 5.52. The number of phenolic OH excluding ortho intramolecular Hbond substituents is 1. The van der Waals surface area contributed by atoms with E-state index in [1.54, 1.807) is 30.0 Å². The van der Waals surface area contributed by atoms with Crippen LogP contribution < -0.4 is 4.74 Å². The van der Waals surface area contributed by atoms with E-state index < -0.39 is 5.97 Å². The van der Waals surface area contributed by atoms with Crippen molar-refractivity contribution in [3.8, 4) is 11.5 Å². The van der Waals surface area contributed by atoms with E-state index in [9.17, 15) is 14.7 Å². The minimum absolute atomic E-state index is 0.0502. The van der Waals surface area contributed by atoms with Crippen LogP contribution in [0.4, 0.5) is 0 Å². The van der Waals surface area contributed by atoms with E-state index in [0.29, 0.717) is 30.1 Å². The quantitative estimate of drug-likeness (QED) is 0.366. The van der Waals surface area contributed by atoms with Gasteiger partial charge in [0.15, 0.2) is 5.78 Å². The predicted molar refractivity (Wildman–Crippen MR) is 91.7 cm³/mol. The maximum Gasteiger partial charge on any atom is 0.304 e. The lowest BCUT2D eigenvalue weighted by atomic mass is 10.0. The minimum Gasteiger partial charge on any atom is -0.507 e. The van der Waals surface area contributed by atoms with Gasteiger partial charge < -0.3 is 14.9 Å². The summed E-state index contributed by atoms with van der Waals surface area (Å²) in [7, 11) is 0. The molecule has 5 nitrogen and oxygen atoms in total. The summed E-state index contributed by atoms with van der Waals surface area (Å²) in [5.41, 5.74) is 0.838. The summed E-state index contributed by atoms with van der Waals surface area (Å²) in [6, 6.07) is 3.24. The van der Waals surface area contributed by atoms with Crippen LogP contribution in [0.3, 0.4) is 0 Å². The van der Waals surface area contributed by atoms with Gasteiger partial charge >= 0.3 is 5.97 Å². The maximum absolute atomic E-state index is 11.5. The highest BCUT2D eigenvalue weighted by atomic mass is 32.2. The Morgan fingerprint density at radius 3 is 2.70 bits per heavy atom. The minimum atomic E-state index is -0.788. The second-order valence-electron chi connectivity index (χ2n) is 4.95. The van der Waals surface area contributed by atoms with Gasteiger partial charge in [0.25, 0.3) is 0 Å². The number of ketones is 1. The first kappa shape index (κ1) is 19.1. The van der Waals surface area contributed by atoms with Gasteiger partial charge in [-0.15, -0.1) is 6.58 Å². The van der Waals surface area contributed by atoms with Crippen LogP contribution in [0, 0.1) is 0 Å². The third kappa shape index (κ3) is 6.36. The lowest BCUT2D eigenvalue weighted by molar-refractivity contribution is -0.136. The Morgan fingerprint density at radius 1 is 1.35 bits per heavy atom. The molecule has 0 saturated heterocycles. The molecular weight excluding hydrogens is 316 g/mol. The number of aromatic hydroxyl groups is 1. The number of carbonyl (C=O) groups excluding carboxylic acids is 1. The molecule has 0 aliphatic carbocycles. The van der Waals surface area contributed by atoms with E-state index in [1.807, 2.05) is 0 Å². The number of thioether (sulfide) groups is 1. The van der Waals surface area contributed by atoms with Gasteiger partial charge in [-0.25, -0.2) is 0 Å². The van der Waals surface area contributed by atoms with Crippen molar-refractivity contribution in [1.29, 1.82) is 0 Å². The van der Waals surface area contributed by atoms with E-state index in [0.717, 1.165) is 12.2 Å². The molecule has 0 unspecified atom stereocenters. The number of phenols is 1. The van der Waals surface area contributed by atoms with Crippen LogP contribution in [0.15, 0.2) is 24.8 Å². The van der Waals surface area contributed by atoms with E-state index in [1.165, 1.54) is 6.92 Å². The number of allylic oxidation sites excluding steroid dienone is 1. The summed E-state index contributed by atoms with van der Waals surface area (Å²) in [4.78, 5) is 21.9. The number of aliphatic carboxylic acids is 1. The largest absolute Gasteiger partial charge is 0.507 e. The molecule has 0 atom stereocenters. The van der Waals surface area contributed by atoms with Crippen molar-refractivity contribution in [1.82, 2.24) is 0 Å². The molecular formula is C17H22O5S. The SMILES string of the molecule is C=CCc1c(OCCCSCCC(=O)O)ccc(C(C)=O)c1O. The summed E-state index contributed by atoms with van der Waals surface area (Å²) >= 11 is 1.57. The molecule has 23 heavy (non-hydrogen) atoms. The fourth-order valence-corrected chi connectivity index (χ4v) is 2.83. The van der Waals surface area contributed by atoms with Crippen molar-refractivity contribution in [2.45, 2.75) is 26.2 Å². The molecule has 1 aromatic rings. The molecule has 0 aromatic heterocycles. The average Bonchev–Trinajstić information content (AvgIpc) is 2.48. The van der Waals surface area contributed by atoms with Crippen molar-refractivity contribution in [3.05, 3.63) is 35.9 Å². The third-order valence-electron chi connectivity index (χ3n) is 3.12. The van der Waals surface area contributed by atoms with Crippen LogP contribution >= 0.6 is 11.8 Å². The Hall–Kier alpha value is -1.95. The van der Waals surface area contributed by atoms with Crippen molar-refractivity contribution < 1.29 is 24.5 Å². The van der Waals surface area contributed by atoms with Crippen LogP contribution in [0.2, 0.25) is 0 Å². The zero-order chi connectivity index (χ0) is 17.2. The van der Waals surface area contributed by atoms with Crippen LogP contribution in [0.25, 0.3) is 0 Å². The number of carbonyl (C=O) groups is 2. The fourth-order valence-electron chi connectivity index (χ4n) is 1.98. The van der Waals surface area contributed by atoms with Gasteiger partial charge in [-0.1, -0.05) is 6.08 Å². The maximum atomic E-state index is 11.5. The molecule has 0 radical (unpaired) electrons. The fraction of sp³-hybridized carbons (Fsp3) is 0.412. The Morgan fingerprint density at radius 2 is 2.09 bits per heavy atom. The zero-order valence-corrected chi connectivity index (χ0v) is 14.0. The second kappa shape index (κ2) is 9.94. The number of carboxylic acids is 1. The Bertz CT molecular complexity index is 568. The predicted octanol–water partition coefficient (Wildman–Crippen LogP) is 3.30. The third-order valence-corrected chi connectivity index (χ3v) is 4.19. The van der Waals surface area contributed by atoms with Gasteiger partial charge in [0, 0.05) is 11.3 Å². The van der Waals surface area contributed by atoms with Crippen molar-refractivity contribution in [2.24, 2.45) is 0 Å². The first-order valence-electron chi connectivity index (χ1n) is 7.36. The van der Waals surface area contributed by atoms with Gasteiger partial charge in [0.05, 0.1) is 18.6 Å². The van der Waals surface area contributed by atoms with Gasteiger partial charge in [-0.3, -0.25) is 9.59 Å². The van der Waals surface area contributed by atoms with Crippen molar-refractivity contribution in [2.75, 3.05) is 18.1 Å². The van der Waals surface area contributed by atoms with Crippen molar-refractivity contribution in [3.63, 3.8) is 0 Å². The number of hydrogen-bond acceptors (Lipinski definition) is 5. The first-order valence-corrected chi connectivity index (χ1v) is 8.51. The van der Waals surface area contributed by atoms with E-state index >= 15 is 0 Å². The topological polar surface area (TPSA) is 83.8 Å². The van der Waals surface area contributed by atoms with Crippen LogP contribution in [0.5, 0.6) is 11.5 Å². The van der Waals surface area contributed by atoms with E-state index in [2.05, 4.69) is 6.58 Å². The van der Waals surface area contributed by atoms with E-state index in [-0.39, 0.29) is 23.5 Å². The number of hydrogen-bond donors (Lipinski definition) is 2. The van der Waals surface area contributed by atoms with Gasteiger partial charge in [0.2, 0.25) is 0 Å². The standard InChI is InChI=1S/C17H22O5S/c1-3-5-14-15(7-6-13(12(2)18)17(14)21)22-9-4-10-23-11-8-16(19)20/h3,6-7,21H,1,4-5,8-11H2,2H3,(H,19,20). The molecule has 0 spiro atoms. The smallest absolute Gasteiger partial charge is 0.304 e.